The maximum atomic E-state index is 13.1. The van der Waals surface area contributed by atoms with Crippen molar-refractivity contribution in [1.82, 2.24) is 0 Å². The summed E-state index contributed by atoms with van der Waals surface area (Å²) in [6.45, 7) is 0. The van der Waals surface area contributed by atoms with E-state index in [-0.39, 0.29) is 21.5 Å². The lowest BCUT2D eigenvalue weighted by molar-refractivity contribution is 0.600. The van der Waals surface area contributed by atoms with Crippen LogP contribution >= 0.6 is 23.2 Å². The fourth-order valence-electron chi connectivity index (χ4n) is 1.73. The smallest absolute Gasteiger partial charge is 0.237 e. The third kappa shape index (κ3) is 4.23. The molecule has 0 spiro atoms. The zero-order valence-corrected chi connectivity index (χ0v) is 12.9. The van der Waals surface area contributed by atoms with Crippen molar-refractivity contribution in [2.24, 2.45) is 0 Å². The fourth-order valence-corrected chi connectivity index (χ4v) is 3.62. The molecule has 8 heteroatoms. The molecule has 2 aromatic carbocycles. The van der Waals surface area contributed by atoms with Gasteiger partial charge in [0.25, 0.3) is 0 Å². The first kappa shape index (κ1) is 15.9. The van der Waals surface area contributed by atoms with Crippen LogP contribution in [0.2, 0.25) is 10.0 Å². The normalized spacial score (nSPS) is 11.4. The average Bonchev–Trinajstić information content (AvgIpc) is 2.33. The van der Waals surface area contributed by atoms with Crippen molar-refractivity contribution < 1.29 is 12.8 Å². The van der Waals surface area contributed by atoms with Crippen molar-refractivity contribution in [3.05, 3.63) is 57.8 Å². The molecule has 0 aliphatic rings. The number of benzene rings is 2. The van der Waals surface area contributed by atoms with Crippen LogP contribution in [-0.4, -0.2) is 8.42 Å². The summed E-state index contributed by atoms with van der Waals surface area (Å²) < 4.78 is 39.5. The van der Waals surface area contributed by atoms with Gasteiger partial charge < -0.3 is 5.73 Å². The molecule has 0 saturated heterocycles. The van der Waals surface area contributed by atoms with Crippen LogP contribution in [0.5, 0.6) is 0 Å². The number of rotatable bonds is 4. The summed E-state index contributed by atoms with van der Waals surface area (Å²) in [4.78, 5) is 0. The summed E-state index contributed by atoms with van der Waals surface area (Å²) in [6.07, 6.45) is 0. The molecule has 0 heterocycles. The van der Waals surface area contributed by atoms with Gasteiger partial charge in [-0.2, -0.15) is 0 Å². The van der Waals surface area contributed by atoms with Crippen LogP contribution in [0.25, 0.3) is 0 Å². The van der Waals surface area contributed by atoms with Crippen LogP contribution < -0.4 is 10.5 Å². The minimum Gasteiger partial charge on any atom is -0.399 e. The third-order valence-electron chi connectivity index (χ3n) is 2.57. The minimum absolute atomic E-state index is 0.0522. The lowest BCUT2D eigenvalue weighted by atomic mass is 10.2. The Morgan fingerprint density at radius 3 is 2.33 bits per heavy atom. The number of nitrogen functional groups attached to an aromatic ring is 1. The Morgan fingerprint density at radius 2 is 1.76 bits per heavy atom. The summed E-state index contributed by atoms with van der Waals surface area (Å²) in [6, 6.07) is 8.43. The lowest BCUT2D eigenvalue weighted by Crippen LogP contribution is -2.16. The van der Waals surface area contributed by atoms with Gasteiger partial charge in [0, 0.05) is 5.69 Å². The van der Waals surface area contributed by atoms with Gasteiger partial charge in [-0.05, 0) is 29.8 Å². The van der Waals surface area contributed by atoms with E-state index in [1.54, 1.807) is 24.3 Å². The van der Waals surface area contributed by atoms with E-state index in [2.05, 4.69) is 4.72 Å². The highest BCUT2D eigenvalue weighted by Crippen LogP contribution is 2.32. The molecule has 0 unspecified atom stereocenters. The van der Waals surface area contributed by atoms with E-state index < -0.39 is 15.8 Å². The van der Waals surface area contributed by atoms with Gasteiger partial charge in [0.2, 0.25) is 10.0 Å². The fraction of sp³-hybridized carbons (Fsp3) is 0.0769. The summed E-state index contributed by atoms with van der Waals surface area (Å²) in [5.74, 6) is -0.953. The standard InChI is InChI=1S/C13H11Cl2FN2O2S/c14-11-5-9(16)6-12(15)13(11)18-21(19,20)7-8-2-1-3-10(17)4-8/h1-6,18H,7,17H2. The molecular formula is C13H11Cl2FN2O2S. The van der Waals surface area contributed by atoms with Crippen LogP contribution in [0, 0.1) is 5.82 Å². The molecule has 0 aliphatic heterocycles. The predicted octanol–water partition coefficient (Wildman–Crippen LogP) is 3.66. The number of sulfonamides is 1. The minimum atomic E-state index is -3.76. The second kappa shape index (κ2) is 6.09. The van der Waals surface area contributed by atoms with E-state index in [9.17, 15) is 12.8 Å². The van der Waals surface area contributed by atoms with Crippen molar-refractivity contribution in [1.29, 1.82) is 0 Å². The van der Waals surface area contributed by atoms with Gasteiger partial charge in [-0.25, -0.2) is 12.8 Å². The molecule has 0 bridgehead atoms. The number of hydrogen-bond donors (Lipinski definition) is 2. The van der Waals surface area contributed by atoms with Gasteiger partial charge in [-0.3, -0.25) is 4.72 Å². The van der Waals surface area contributed by atoms with Crippen LogP contribution in [0.15, 0.2) is 36.4 Å². The Hall–Kier alpha value is -1.50. The number of halogens is 3. The molecule has 0 atom stereocenters. The first-order valence-corrected chi connectivity index (χ1v) is 8.17. The number of nitrogens with two attached hydrogens (primary N) is 1. The van der Waals surface area contributed by atoms with Crippen molar-refractivity contribution in [2.75, 3.05) is 10.5 Å². The number of hydrogen-bond acceptors (Lipinski definition) is 3. The summed E-state index contributed by atoms with van der Waals surface area (Å²) in [5, 5.41) is -0.229. The van der Waals surface area contributed by atoms with E-state index in [0.29, 0.717) is 11.3 Å². The topological polar surface area (TPSA) is 72.2 Å². The Labute approximate surface area is 131 Å². The van der Waals surface area contributed by atoms with E-state index in [1.807, 2.05) is 0 Å². The first-order valence-electron chi connectivity index (χ1n) is 5.76. The molecule has 0 aliphatic carbocycles. The SMILES string of the molecule is Nc1cccc(CS(=O)(=O)Nc2c(Cl)cc(F)cc2Cl)c1. The molecular weight excluding hydrogens is 338 g/mol. The molecule has 4 nitrogen and oxygen atoms in total. The third-order valence-corrected chi connectivity index (χ3v) is 4.40. The highest BCUT2D eigenvalue weighted by Gasteiger charge is 2.17. The molecule has 21 heavy (non-hydrogen) atoms. The van der Waals surface area contributed by atoms with Crippen molar-refractivity contribution in [2.45, 2.75) is 5.75 Å². The number of anilines is 2. The molecule has 2 rings (SSSR count). The molecule has 0 amide bonds. The van der Waals surface area contributed by atoms with Crippen LogP contribution in [0.1, 0.15) is 5.56 Å². The maximum Gasteiger partial charge on any atom is 0.237 e. The Morgan fingerprint density at radius 1 is 1.14 bits per heavy atom. The van der Waals surface area contributed by atoms with Crippen LogP contribution in [0.4, 0.5) is 15.8 Å². The quantitative estimate of drug-likeness (QED) is 0.828. The monoisotopic (exact) mass is 348 g/mol. The summed E-state index contributed by atoms with van der Waals surface area (Å²) in [7, 11) is -3.76. The second-order valence-corrected chi connectivity index (χ2v) is 6.89. The van der Waals surface area contributed by atoms with Crippen molar-refractivity contribution in [3.8, 4) is 0 Å². The van der Waals surface area contributed by atoms with E-state index >= 15 is 0 Å². The Balaban J connectivity index is 2.26. The van der Waals surface area contributed by atoms with Gasteiger partial charge in [-0.1, -0.05) is 35.3 Å². The zero-order chi connectivity index (χ0) is 15.6. The van der Waals surface area contributed by atoms with E-state index in [0.717, 1.165) is 12.1 Å². The zero-order valence-electron chi connectivity index (χ0n) is 10.6. The molecule has 0 radical (unpaired) electrons. The number of nitrogens with one attached hydrogen (secondary N) is 1. The van der Waals surface area contributed by atoms with E-state index in [4.69, 9.17) is 28.9 Å². The highest BCUT2D eigenvalue weighted by molar-refractivity contribution is 7.91. The molecule has 0 saturated carbocycles. The second-order valence-electron chi connectivity index (χ2n) is 4.35. The first-order chi connectivity index (χ1) is 9.77. The van der Waals surface area contributed by atoms with Gasteiger partial charge >= 0.3 is 0 Å². The molecule has 2 aromatic rings. The van der Waals surface area contributed by atoms with Gasteiger partial charge in [-0.15, -0.1) is 0 Å². The van der Waals surface area contributed by atoms with Crippen molar-refractivity contribution >= 4 is 44.6 Å². The molecule has 0 aromatic heterocycles. The lowest BCUT2D eigenvalue weighted by Gasteiger charge is -2.11. The van der Waals surface area contributed by atoms with Crippen LogP contribution in [-0.2, 0) is 15.8 Å². The van der Waals surface area contributed by atoms with Crippen molar-refractivity contribution in [3.63, 3.8) is 0 Å². The molecule has 112 valence electrons. The van der Waals surface area contributed by atoms with E-state index in [1.165, 1.54) is 0 Å². The average molecular weight is 349 g/mol. The predicted molar refractivity (Wildman–Crippen MR) is 83.5 cm³/mol. The van der Waals surface area contributed by atoms with Gasteiger partial charge in [0.1, 0.15) is 5.82 Å². The highest BCUT2D eigenvalue weighted by atomic mass is 35.5. The largest absolute Gasteiger partial charge is 0.399 e. The van der Waals surface area contributed by atoms with Gasteiger partial charge in [0.05, 0.1) is 21.5 Å². The maximum absolute atomic E-state index is 13.1. The Bertz CT molecular complexity index is 758. The molecule has 3 N–H and O–H groups in total. The van der Waals surface area contributed by atoms with Gasteiger partial charge in [0.15, 0.2) is 0 Å². The molecule has 0 fully saturated rings. The van der Waals surface area contributed by atoms with Crippen LogP contribution in [0.3, 0.4) is 0 Å². The Kier molecular flexibility index (Phi) is 4.61. The summed E-state index contributed by atoms with van der Waals surface area (Å²) in [5.41, 5.74) is 6.51. The summed E-state index contributed by atoms with van der Waals surface area (Å²) >= 11 is 11.6.